The first-order valence-electron chi connectivity index (χ1n) is 5.52. The van der Waals surface area contributed by atoms with Crippen molar-refractivity contribution < 1.29 is 9.90 Å². The number of hydrogen-bond acceptors (Lipinski definition) is 1. The van der Waals surface area contributed by atoms with Crippen molar-refractivity contribution in [3.8, 4) is 0 Å². The van der Waals surface area contributed by atoms with E-state index in [0.717, 1.165) is 18.4 Å². The van der Waals surface area contributed by atoms with Crippen LogP contribution in [0.1, 0.15) is 38.7 Å². The molecule has 0 saturated carbocycles. The predicted octanol–water partition coefficient (Wildman–Crippen LogP) is 3.87. The average Bonchev–Trinajstić information content (AvgIpc) is 2.25. The first-order valence-corrected chi connectivity index (χ1v) is 5.89. The van der Waals surface area contributed by atoms with Crippen molar-refractivity contribution >= 4 is 17.6 Å². The summed E-state index contributed by atoms with van der Waals surface area (Å²) in [5.41, 5.74) is 0.726. The minimum absolute atomic E-state index is 0.153. The molecule has 3 heteroatoms. The second kappa shape index (κ2) is 5.35. The van der Waals surface area contributed by atoms with Gasteiger partial charge in [-0.05, 0) is 30.5 Å². The third-order valence-corrected chi connectivity index (χ3v) is 3.52. The van der Waals surface area contributed by atoms with Gasteiger partial charge in [0.25, 0.3) is 0 Å². The summed E-state index contributed by atoms with van der Waals surface area (Å²) in [6.07, 6.45) is 1.76. The van der Waals surface area contributed by atoms with Crippen LogP contribution in [0.25, 0.3) is 0 Å². The maximum atomic E-state index is 11.0. The molecule has 0 atom stereocenters. The smallest absolute Gasteiger partial charge is 0.304 e. The van der Waals surface area contributed by atoms with Gasteiger partial charge in [0.2, 0.25) is 0 Å². The normalized spacial score (nSPS) is 11.4. The van der Waals surface area contributed by atoms with Crippen molar-refractivity contribution in [2.24, 2.45) is 0 Å². The molecule has 0 heterocycles. The zero-order valence-corrected chi connectivity index (χ0v) is 10.4. The van der Waals surface area contributed by atoms with E-state index in [0.29, 0.717) is 5.02 Å². The van der Waals surface area contributed by atoms with E-state index in [1.165, 1.54) is 0 Å². The molecule has 0 saturated heterocycles. The molecule has 0 fully saturated rings. The zero-order valence-electron chi connectivity index (χ0n) is 9.66. The molecule has 16 heavy (non-hydrogen) atoms. The van der Waals surface area contributed by atoms with E-state index >= 15 is 0 Å². The predicted molar refractivity (Wildman–Crippen MR) is 66.0 cm³/mol. The van der Waals surface area contributed by atoms with E-state index in [2.05, 4.69) is 0 Å². The van der Waals surface area contributed by atoms with Crippen molar-refractivity contribution in [3.63, 3.8) is 0 Å². The van der Waals surface area contributed by atoms with Crippen LogP contribution in [0, 0.1) is 0 Å². The Hall–Kier alpha value is -1.02. The topological polar surface area (TPSA) is 37.3 Å². The zero-order chi connectivity index (χ0) is 12.2. The lowest BCUT2D eigenvalue weighted by molar-refractivity contribution is -0.138. The van der Waals surface area contributed by atoms with Crippen LogP contribution in [-0.4, -0.2) is 11.1 Å². The van der Waals surface area contributed by atoms with E-state index in [9.17, 15) is 4.79 Å². The molecular weight excluding hydrogens is 224 g/mol. The van der Waals surface area contributed by atoms with Gasteiger partial charge in [0, 0.05) is 10.4 Å². The van der Waals surface area contributed by atoms with Gasteiger partial charge in [-0.25, -0.2) is 0 Å². The molecule has 0 spiro atoms. The Morgan fingerprint density at radius 1 is 1.38 bits per heavy atom. The fraction of sp³-hybridized carbons (Fsp3) is 0.462. The molecule has 0 aliphatic heterocycles. The minimum atomic E-state index is -0.760. The molecule has 0 aliphatic carbocycles. The van der Waals surface area contributed by atoms with E-state index < -0.39 is 5.97 Å². The third-order valence-electron chi connectivity index (χ3n) is 3.28. The molecule has 0 aromatic heterocycles. The summed E-state index contributed by atoms with van der Waals surface area (Å²) in [6.45, 7) is 4.04. The number of carboxylic acid groups (broad SMARTS) is 1. The Bertz CT molecular complexity index is 370. The lowest BCUT2D eigenvalue weighted by Crippen LogP contribution is -2.27. The number of carbonyl (C=O) groups is 1. The Kier molecular flexibility index (Phi) is 4.36. The van der Waals surface area contributed by atoms with Gasteiger partial charge < -0.3 is 5.11 Å². The molecule has 0 amide bonds. The van der Waals surface area contributed by atoms with Crippen LogP contribution in [-0.2, 0) is 10.2 Å². The van der Waals surface area contributed by atoms with Gasteiger partial charge in [0.1, 0.15) is 0 Å². The van der Waals surface area contributed by atoms with Gasteiger partial charge >= 0.3 is 5.97 Å². The Morgan fingerprint density at radius 3 is 2.44 bits per heavy atom. The summed E-state index contributed by atoms with van der Waals surface area (Å²) < 4.78 is 0. The SMILES string of the molecule is CCC(CC)(CC(=O)O)c1cccc(Cl)c1. The highest BCUT2D eigenvalue weighted by Crippen LogP contribution is 2.36. The van der Waals surface area contributed by atoms with Gasteiger partial charge in [-0.15, -0.1) is 0 Å². The fourth-order valence-electron chi connectivity index (χ4n) is 2.12. The lowest BCUT2D eigenvalue weighted by atomic mass is 9.73. The van der Waals surface area contributed by atoms with E-state index in [-0.39, 0.29) is 11.8 Å². The summed E-state index contributed by atoms with van der Waals surface area (Å²) in [5.74, 6) is -0.760. The highest BCUT2D eigenvalue weighted by atomic mass is 35.5. The summed E-state index contributed by atoms with van der Waals surface area (Å²) >= 11 is 5.95. The summed E-state index contributed by atoms with van der Waals surface area (Å²) in [7, 11) is 0. The first-order chi connectivity index (χ1) is 7.54. The molecular formula is C13H17ClO2. The second-order valence-electron chi connectivity index (χ2n) is 4.07. The molecule has 1 rings (SSSR count). The molecule has 0 aliphatic rings. The van der Waals surface area contributed by atoms with Crippen LogP contribution in [0.4, 0.5) is 0 Å². The second-order valence-corrected chi connectivity index (χ2v) is 4.50. The van der Waals surface area contributed by atoms with Gasteiger partial charge in [-0.2, -0.15) is 0 Å². The average molecular weight is 241 g/mol. The Labute approximate surface area is 101 Å². The molecule has 2 nitrogen and oxygen atoms in total. The van der Waals surface area contributed by atoms with Crippen molar-refractivity contribution in [1.82, 2.24) is 0 Å². The van der Waals surface area contributed by atoms with Gasteiger partial charge in [-0.1, -0.05) is 37.6 Å². The maximum Gasteiger partial charge on any atom is 0.304 e. The van der Waals surface area contributed by atoms with Crippen molar-refractivity contribution in [2.75, 3.05) is 0 Å². The standard InChI is InChI=1S/C13H17ClO2/c1-3-13(4-2,9-12(15)16)10-6-5-7-11(14)8-10/h5-8H,3-4,9H2,1-2H3,(H,15,16). The van der Waals surface area contributed by atoms with Crippen LogP contribution < -0.4 is 0 Å². The van der Waals surface area contributed by atoms with E-state index in [1.54, 1.807) is 0 Å². The van der Waals surface area contributed by atoms with E-state index in [1.807, 2.05) is 38.1 Å². The third kappa shape index (κ3) is 2.76. The number of benzene rings is 1. The highest BCUT2D eigenvalue weighted by Gasteiger charge is 2.31. The van der Waals surface area contributed by atoms with Gasteiger partial charge in [0.05, 0.1) is 6.42 Å². The van der Waals surface area contributed by atoms with Crippen molar-refractivity contribution in [3.05, 3.63) is 34.9 Å². The Morgan fingerprint density at radius 2 is 2.00 bits per heavy atom. The van der Waals surface area contributed by atoms with Crippen LogP contribution in [0.2, 0.25) is 5.02 Å². The molecule has 0 bridgehead atoms. The largest absolute Gasteiger partial charge is 0.481 e. The molecule has 1 aromatic rings. The summed E-state index contributed by atoms with van der Waals surface area (Å²) in [6, 6.07) is 7.51. The lowest BCUT2D eigenvalue weighted by Gasteiger charge is -2.30. The van der Waals surface area contributed by atoms with Crippen molar-refractivity contribution in [2.45, 2.75) is 38.5 Å². The van der Waals surface area contributed by atoms with Crippen LogP contribution in [0.15, 0.2) is 24.3 Å². The summed E-state index contributed by atoms with van der Waals surface area (Å²) in [4.78, 5) is 11.0. The molecule has 88 valence electrons. The Balaban J connectivity index is 3.14. The monoisotopic (exact) mass is 240 g/mol. The first kappa shape index (κ1) is 13.0. The van der Waals surface area contributed by atoms with Crippen LogP contribution >= 0.6 is 11.6 Å². The van der Waals surface area contributed by atoms with E-state index in [4.69, 9.17) is 16.7 Å². The quantitative estimate of drug-likeness (QED) is 0.848. The summed E-state index contributed by atoms with van der Waals surface area (Å²) in [5, 5.41) is 9.67. The van der Waals surface area contributed by atoms with Crippen LogP contribution in [0.3, 0.4) is 0 Å². The molecule has 0 unspecified atom stereocenters. The molecule has 1 N–H and O–H groups in total. The fourth-order valence-corrected chi connectivity index (χ4v) is 2.31. The number of hydrogen-bond donors (Lipinski definition) is 1. The van der Waals surface area contributed by atoms with Crippen LogP contribution in [0.5, 0.6) is 0 Å². The molecule has 1 aromatic carbocycles. The minimum Gasteiger partial charge on any atom is -0.481 e. The number of halogens is 1. The van der Waals surface area contributed by atoms with Gasteiger partial charge in [0.15, 0.2) is 0 Å². The highest BCUT2D eigenvalue weighted by molar-refractivity contribution is 6.30. The van der Waals surface area contributed by atoms with Gasteiger partial charge in [-0.3, -0.25) is 4.79 Å². The van der Waals surface area contributed by atoms with Crippen molar-refractivity contribution in [1.29, 1.82) is 0 Å². The number of carboxylic acids is 1. The maximum absolute atomic E-state index is 11.0. The number of aliphatic carboxylic acids is 1. The number of rotatable bonds is 5. The molecule has 0 radical (unpaired) electrons.